The van der Waals surface area contributed by atoms with E-state index in [1.54, 1.807) is 0 Å². The largest absolute Gasteiger partial charge is 0.481 e. The molecule has 0 heterocycles. The number of carboxylic acid groups (broad SMARTS) is 2. The van der Waals surface area contributed by atoms with E-state index in [0.717, 1.165) is 57.8 Å². The van der Waals surface area contributed by atoms with Crippen molar-refractivity contribution in [3.8, 4) is 0 Å². The summed E-state index contributed by atoms with van der Waals surface area (Å²) in [6.45, 7) is 8.35. The predicted octanol–water partition coefficient (Wildman–Crippen LogP) is 4.55. The fraction of sp³-hybridized carbons (Fsp3) is 0.864. The van der Waals surface area contributed by atoms with E-state index in [9.17, 15) is 24.6 Å². The van der Waals surface area contributed by atoms with Crippen LogP contribution in [0.4, 0.5) is 0 Å². The Morgan fingerprint density at radius 3 is 1.90 bits per heavy atom. The maximum Gasteiger partial charge on any atom is 0.336 e. The number of aliphatic carboxylic acids is 2. The van der Waals surface area contributed by atoms with Gasteiger partial charge < -0.3 is 20.1 Å². The van der Waals surface area contributed by atoms with Gasteiger partial charge in [-0.1, -0.05) is 66.2 Å². The van der Waals surface area contributed by atoms with Gasteiger partial charge in [0.1, 0.15) is 6.10 Å². The van der Waals surface area contributed by atoms with Crippen molar-refractivity contribution >= 4 is 17.9 Å². The molecule has 0 amide bonds. The summed E-state index contributed by atoms with van der Waals surface area (Å²) < 4.78 is 5.75. The van der Waals surface area contributed by atoms with Crippen molar-refractivity contribution in [3.05, 3.63) is 0 Å². The number of carbonyl (C=O) groups excluding carboxylic acids is 1. The Hall–Kier alpha value is -1.63. The lowest BCUT2D eigenvalue weighted by atomic mass is 9.70. The third-order valence-corrected chi connectivity index (χ3v) is 5.80. The van der Waals surface area contributed by atoms with Crippen LogP contribution >= 0.6 is 0 Å². The van der Waals surface area contributed by atoms with Gasteiger partial charge in [-0.25, -0.2) is 4.79 Å². The molecule has 3 unspecified atom stereocenters. The summed E-state index contributed by atoms with van der Waals surface area (Å²) in [5.74, 6) is -4.09. The van der Waals surface area contributed by atoms with Gasteiger partial charge in [-0.05, 0) is 25.7 Å². The second-order valence-electron chi connectivity index (χ2n) is 8.13. The standard InChI is InChI=1S/C22H40O7/c1-5-9-11-14-21(8-4,13-10-6-2)17(12-7-3)29-19(25)16-22(28,20(26)27)15-18(23)24/h17,28H,5-16H2,1-4H3,(H,23,24)(H,26,27). The molecule has 0 rings (SSSR count). The Morgan fingerprint density at radius 2 is 1.45 bits per heavy atom. The number of hydrogen-bond donors (Lipinski definition) is 3. The summed E-state index contributed by atoms with van der Waals surface area (Å²) in [7, 11) is 0. The van der Waals surface area contributed by atoms with Crippen LogP contribution in [-0.4, -0.2) is 44.9 Å². The third kappa shape index (κ3) is 9.15. The molecule has 0 aromatic rings. The van der Waals surface area contributed by atoms with E-state index in [1.807, 2.05) is 6.92 Å². The molecule has 3 atom stereocenters. The molecule has 29 heavy (non-hydrogen) atoms. The molecular formula is C22H40O7. The second kappa shape index (κ2) is 13.6. The highest BCUT2D eigenvalue weighted by Crippen LogP contribution is 2.42. The zero-order chi connectivity index (χ0) is 22.5. The molecule has 3 N–H and O–H groups in total. The number of carboxylic acids is 2. The highest BCUT2D eigenvalue weighted by atomic mass is 16.5. The van der Waals surface area contributed by atoms with Crippen molar-refractivity contribution in [1.82, 2.24) is 0 Å². The zero-order valence-corrected chi connectivity index (χ0v) is 18.5. The lowest BCUT2D eigenvalue weighted by Gasteiger charge is -2.40. The Kier molecular flexibility index (Phi) is 12.8. The fourth-order valence-electron chi connectivity index (χ4n) is 3.94. The first kappa shape index (κ1) is 27.4. The Balaban J connectivity index is 5.55. The van der Waals surface area contributed by atoms with Crippen molar-refractivity contribution in [2.75, 3.05) is 0 Å². The van der Waals surface area contributed by atoms with Crippen LogP contribution in [0.2, 0.25) is 0 Å². The van der Waals surface area contributed by atoms with Crippen LogP contribution in [0.25, 0.3) is 0 Å². The lowest BCUT2D eigenvalue weighted by Crippen LogP contribution is -2.45. The van der Waals surface area contributed by atoms with Crippen LogP contribution in [0.15, 0.2) is 0 Å². The molecule has 0 spiro atoms. The first-order valence-electron chi connectivity index (χ1n) is 11.0. The Labute approximate surface area is 174 Å². The first-order chi connectivity index (χ1) is 13.6. The molecule has 0 aromatic heterocycles. The first-order valence-corrected chi connectivity index (χ1v) is 11.0. The van der Waals surface area contributed by atoms with E-state index in [0.29, 0.717) is 6.42 Å². The fourth-order valence-corrected chi connectivity index (χ4v) is 3.94. The molecule has 0 saturated heterocycles. The summed E-state index contributed by atoms with van der Waals surface area (Å²) in [5, 5.41) is 28.3. The molecule has 0 saturated carbocycles. The minimum atomic E-state index is -2.67. The SMILES string of the molecule is CCCCCC(CC)(CCCC)C(CCC)OC(=O)CC(O)(CC(=O)O)C(=O)O. The summed E-state index contributed by atoms with van der Waals surface area (Å²) in [4.78, 5) is 34.8. The zero-order valence-electron chi connectivity index (χ0n) is 18.5. The van der Waals surface area contributed by atoms with Gasteiger partial charge in [0.25, 0.3) is 0 Å². The maximum atomic E-state index is 12.6. The molecule has 0 radical (unpaired) electrons. The van der Waals surface area contributed by atoms with Crippen LogP contribution in [0.5, 0.6) is 0 Å². The molecule has 170 valence electrons. The van der Waals surface area contributed by atoms with Gasteiger partial charge in [-0.3, -0.25) is 9.59 Å². The average molecular weight is 417 g/mol. The molecule has 0 aliphatic carbocycles. The Bertz CT molecular complexity index is 519. The molecule has 0 fully saturated rings. The maximum absolute atomic E-state index is 12.6. The van der Waals surface area contributed by atoms with E-state index < -0.39 is 36.4 Å². The molecule has 7 heteroatoms. The number of ether oxygens (including phenoxy) is 1. The average Bonchev–Trinajstić information content (AvgIpc) is 2.63. The van der Waals surface area contributed by atoms with Crippen LogP contribution in [0.1, 0.15) is 105 Å². The summed E-state index contributed by atoms with van der Waals surface area (Å²) in [6.07, 6.45) is 7.08. The van der Waals surface area contributed by atoms with E-state index in [4.69, 9.17) is 9.84 Å². The molecule has 0 aliphatic heterocycles. The van der Waals surface area contributed by atoms with E-state index >= 15 is 0 Å². The van der Waals surface area contributed by atoms with Gasteiger partial charge in [0.2, 0.25) is 0 Å². The monoisotopic (exact) mass is 416 g/mol. The summed E-state index contributed by atoms with van der Waals surface area (Å²) >= 11 is 0. The minimum absolute atomic E-state index is 0.189. The molecule has 0 bridgehead atoms. The van der Waals surface area contributed by atoms with E-state index in [1.165, 1.54) is 0 Å². The number of aliphatic hydroxyl groups is 1. The van der Waals surface area contributed by atoms with Gasteiger partial charge in [0.05, 0.1) is 12.8 Å². The quantitative estimate of drug-likeness (QED) is 0.235. The number of unbranched alkanes of at least 4 members (excludes halogenated alkanes) is 3. The van der Waals surface area contributed by atoms with Crippen LogP contribution in [0, 0.1) is 5.41 Å². The number of hydrogen-bond acceptors (Lipinski definition) is 5. The Morgan fingerprint density at radius 1 is 0.862 bits per heavy atom. The highest BCUT2D eigenvalue weighted by Gasteiger charge is 2.44. The summed E-state index contributed by atoms with van der Waals surface area (Å²) in [6, 6.07) is 0. The third-order valence-electron chi connectivity index (χ3n) is 5.80. The molecule has 0 aliphatic rings. The lowest BCUT2D eigenvalue weighted by molar-refractivity contribution is -0.177. The van der Waals surface area contributed by atoms with Gasteiger partial charge in [-0.2, -0.15) is 0 Å². The van der Waals surface area contributed by atoms with Gasteiger partial charge >= 0.3 is 17.9 Å². The number of rotatable bonds is 17. The van der Waals surface area contributed by atoms with Crippen LogP contribution < -0.4 is 0 Å². The molecule has 7 nitrogen and oxygen atoms in total. The van der Waals surface area contributed by atoms with Crippen molar-refractivity contribution < 1.29 is 34.4 Å². The molecule has 0 aromatic carbocycles. The highest BCUT2D eigenvalue weighted by molar-refractivity contribution is 5.88. The van der Waals surface area contributed by atoms with Crippen molar-refractivity contribution in [2.45, 2.75) is 116 Å². The van der Waals surface area contributed by atoms with Gasteiger partial charge in [-0.15, -0.1) is 0 Å². The van der Waals surface area contributed by atoms with Crippen LogP contribution in [0.3, 0.4) is 0 Å². The minimum Gasteiger partial charge on any atom is -0.481 e. The van der Waals surface area contributed by atoms with Gasteiger partial charge in [0, 0.05) is 5.41 Å². The van der Waals surface area contributed by atoms with Crippen LogP contribution in [-0.2, 0) is 19.1 Å². The van der Waals surface area contributed by atoms with E-state index in [-0.39, 0.29) is 11.5 Å². The predicted molar refractivity (Wildman–Crippen MR) is 111 cm³/mol. The smallest absolute Gasteiger partial charge is 0.336 e. The normalized spacial score (nSPS) is 16.4. The van der Waals surface area contributed by atoms with Gasteiger partial charge in [0.15, 0.2) is 5.60 Å². The van der Waals surface area contributed by atoms with Crippen molar-refractivity contribution in [2.24, 2.45) is 5.41 Å². The molecular weight excluding hydrogens is 376 g/mol. The van der Waals surface area contributed by atoms with E-state index in [2.05, 4.69) is 20.8 Å². The summed E-state index contributed by atoms with van der Waals surface area (Å²) in [5.41, 5.74) is -2.86. The topological polar surface area (TPSA) is 121 Å². The number of esters is 1. The van der Waals surface area contributed by atoms with Crippen molar-refractivity contribution in [1.29, 1.82) is 0 Å². The number of carbonyl (C=O) groups is 3. The van der Waals surface area contributed by atoms with Crippen molar-refractivity contribution in [3.63, 3.8) is 0 Å². The second-order valence-corrected chi connectivity index (χ2v) is 8.13.